The highest BCUT2D eigenvalue weighted by Crippen LogP contribution is 2.38. The lowest BCUT2D eigenvalue weighted by Gasteiger charge is -2.33. The summed E-state index contributed by atoms with van der Waals surface area (Å²) in [5, 5.41) is 14.1. The third-order valence-electron chi connectivity index (χ3n) is 6.02. The Morgan fingerprint density at radius 3 is 2.15 bits per heavy atom. The second kappa shape index (κ2) is 7.10. The highest BCUT2D eigenvalue weighted by atomic mass is 16.7. The van der Waals surface area contributed by atoms with Gasteiger partial charge in [0.2, 0.25) is 0 Å². The molecule has 0 atom stereocenters. The number of rotatable bonds is 4. The first-order chi connectivity index (χ1) is 12.2. The van der Waals surface area contributed by atoms with Gasteiger partial charge in [0.05, 0.1) is 16.8 Å². The monoisotopic (exact) mass is 358 g/mol. The molecule has 1 aromatic carbocycles. The van der Waals surface area contributed by atoms with Gasteiger partial charge in [-0.2, -0.15) is 0 Å². The number of benzene rings is 1. The molecule has 0 aromatic heterocycles. The molecule has 2 aliphatic heterocycles. The van der Waals surface area contributed by atoms with E-state index in [-0.39, 0.29) is 11.2 Å². The molecule has 142 valence electrons. The van der Waals surface area contributed by atoms with Gasteiger partial charge in [0.15, 0.2) is 0 Å². The standard InChI is InChI=1S/C20H31BN2O3/c1-18(2)19(3,4)26-21(25-18)17(14-22)13-15-5-7-16(8-6-15)20(24)9-11-23-12-10-20/h5-8,13,23-24H,9-12,14,22H2,1-4H3. The molecule has 6 heteroatoms. The Balaban J connectivity index is 1.78. The zero-order valence-electron chi connectivity index (χ0n) is 16.3. The van der Waals surface area contributed by atoms with E-state index in [4.69, 9.17) is 15.0 Å². The highest BCUT2D eigenvalue weighted by Gasteiger charge is 2.52. The lowest BCUT2D eigenvalue weighted by molar-refractivity contribution is 0.00578. The second-order valence-electron chi connectivity index (χ2n) is 8.42. The predicted molar refractivity (Wildman–Crippen MR) is 106 cm³/mol. The first-order valence-corrected chi connectivity index (χ1v) is 9.47. The minimum atomic E-state index is -0.726. The van der Waals surface area contributed by atoms with Crippen molar-refractivity contribution in [1.82, 2.24) is 5.32 Å². The number of nitrogens with two attached hydrogens (primary N) is 1. The predicted octanol–water partition coefficient (Wildman–Crippen LogP) is 2.23. The summed E-state index contributed by atoms with van der Waals surface area (Å²) in [5.41, 5.74) is 7.40. The van der Waals surface area contributed by atoms with Gasteiger partial charge in [-0.25, -0.2) is 0 Å². The summed E-state index contributed by atoms with van der Waals surface area (Å²) < 4.78 is 12.2. The number of hydrogen-bond acceptors (Lipinski definition) is 5. The van der Waals surface area contributed by atoms with Gasteiger partial charge in [-0.05, 0) is 70.2 Å². The summed E-state index contributed by atoms with van der Waals surface area (Å²) in [7, 11) is -0.432. The van der Waals surface area contributed by atoms with E-state index in [1.165, 1.54) is 0 Å². The third kappa shape index (κ3) is 3.75. The zero-order valence-corrected chi connectivity index (χ0v) is 16.3. The van der Waals surface area contributed by atoms with E-state index in [9.17, 15) is 5.11 Å². The van der Waals surface area contributed by atoms with Gasteiger partial charge < -0.3 is 25.5 Å². The molecule has 1 aromatic rings. The summed E-state index contributed by atoms with van der Waals surface area (Å²) in [4.78, 5) is 0. The van der Waals surface area contributed by atoms with Crippen LogP contribution in [-0.2, 0) is 14.9 Å². The van der Waals surface area contributed by atoms with Gasteiger partial charge in [0.25, 0.3) is 0 Å². The summed E-state index contributed by atoms with van der Waals surface area (Å²) in [6, 6.07) is 8.07. The SMILES string of the molecule is CC1(C)OB(C(=Cc2ccc(C3(O)CCNCC3)cc2)CN)OC1(C)C. The number of hydrogen-bond donors (Lipinski definition) is 3. The molecule has 2 saturated heterocycles. The largest absolute Gasteiger partial charge is 0.491 e. The Kier molecular flexibility index (Phi) is 5.34. The maximum absolute atomic E-state index is 10.8. The van der Waals surface area contributed by atoms with Crippen LogP contribution in [0.5, 0.6) is 0 Å². The van der Waals surface area contributed by atoms with Crippen molar-refractivity contribution in [3.63, 3.8) is 0 Å². The van der Waals surface area contributed by atoms with Crippen molar-refractivity contribution in [2.24, 2.45) is 5.73 Å². The normalized spacial score (nSPS) is 24.7. The molecule has 0 amide bonds. The van der Waals surface area contributed by atoms with Crippen molar-refractivity contribution in [1.29, 1.82) is 0 Å². The number of aliphatic hydroxyl groups is 1. The minimum absolute atomic E-state index is 0.369. The molecule has 2 fully saturated rings. The summed E-state index contributed by atoms with van der Waals surface area (Å²) in [5.74, 6) is 0. The fourth-order valence-corrected chi connectivity index (χ4v) is 3.45. The molecule has 0 saturated carbocycles. The highest BCUT2D eigenvalue weighted by molar-refractivity contribution is 6.55. The second-order valence-corrected chi connectivity index (χ2v) is 8.42. The van der Waals surface area contributed by atoms with Crippen LogP contribution in [0, 0.1) is 0 Å². The molecule has 0 unspecified atom stereocenters. The molecule has 26 heavy (non-hydrogen) atoms. The molecule has 0 aliphatic carbocycles. The van der Waals surface area contributed by atoms with E-state index in [1.807, 2.05) is 58.0 Å². The molecule has 5 nitrogen and oxygen atoms in total. The minimum Gasteiger partial charge on any atom is -0.400 e. The Bertz CT molecular complexity index is 648. The van der Waals surface area contributed by atoms with Crippen LogP contribution in [0.15, 0.2) is 29.7 Å². The Morgan fingerprint density at radius 1 is 1.12 bits per heavy atom. The molecule has 3 rings (SSSR count). The van der Waals surface area contributed by atoms with E-state index in [2.05, 4.69) is 5.32 Å². The van der Waals surface area contributed by atoms with Gasteiger partial charge in [-0.3, -0.25) is 0 Å². The van der Waals surface area contributed by atoms with Gasteiger partial charge in [-0.15, -0.1) is 0 Å². The van der Waals surface area contributed by atoms with Crippen LogP contribution >= 0.6 is 0 Å². The van der Waals surface area contributed by atoms with Crippen LogP contribution in [0.1, 0.15) is 51.7 Å². The molecular weight excluding hydrogens is 327 g/mol. The summed E-state index contributed by atoms with van der Waals surface area (Å²) in [6.07, 6.45) is 3.51. The molecule has 0 spiro atoms. The first kappa shape index (κ1) is 19.6. The summed E-state index contributed by atoms with van der Waals surface area (Å²) in [6.45, 7) is 10.2. The quantitative estimate of drug-likeness (QED) is 0.720. The van der Waals surface area contributed by atoms with Crippen molar-refractivity contribution in [2.75, 3.05) is 19.6 Å². The molecule has 0 radical (unpaired) electrons. The molecule has 0 bridgehead atoms. The Hall–Kier alpha value is -1.18. The molecule has 4 N–H and O–H groups in total. The maximum Gasteiger partial charge on any atom is 0.491 e. The van der Waals surface area contributed by atoms with Crippen molar-refractivity contribution >= 4 is 13.2 Å². The van der Waals surface area contributed by atoms with Crippen LogP contribution in [0.3, 0.4) is 0 Å². The fraction of sp³-hybridized carbons (Fsp3) is 0.600. The number of nitrogens with one attached hydrogen (secondary N) is 1. The maximum atomic E-state index is 10.8. The average molecular weight is 358 g/mol. The van der Waals surface area contributed by atoms with Crippen LogP contribution in [0.2, 0.25) is 0 Å². The Morgan fingerprint density at radius 2 is 1.65 bits per heavy atom. The third-order valence-corrected chi connectivity index (χ3v) is 6.02. The smallest absolute Gasteiger partial charge is 0.400 e. The lowest BCUT2D eigenvalue weighted by atomic mass is 9.77. The topological polar surface area (TPSA) is 76.7 Å². The van der Waals surface area contributed by atoms with Crippen molar-refractivity contribution < 1.29 is 14.4 Å². The van der Waals surface area contributed by atoms with E-state index in [1.54, 1.807) is 0 Å². The van der Waals surface area contributed by atoms with Crippen LogP contribution in [-0.4, -0.2) is 43.1 Å². The van der Waals surface area contributed by atoms with Crippen LogP contribution in [0.4, 0.5) is 0 Å². The lowest BCUT2D eigenvalue weighted by Crippen LogP contribution is -2.41. The van der Waals surface area contributed by atoms with Crippen LogP contribution in [0.25, 0.3) is 6.08 Å². The average Bonchev–Trinajstić information content (AvgIpc) is 2.81. The van der Waals surface area contributed by atoms with Crippen LogP contribution < -0.4 is 11.1 Å². The van der Waals surface area contributed by atoms with Gasteiger partial charge >= 0.3 is 7.12 Å². The van der Waals surface area contributed by atoms with E-state index >= 15 is 0 Å². The molecule has 2 aliphatic rings. The van der Waals surface area contributed by atoms with E-state index < -0.39 is 12.7 Å². The van der Waals surface area contributed by atoms with Gasteiger partial charge in [0.1, 0.15) is 0 Å². The van der Waals surface area contributed by atoms with Crippen molar-refractivity contribution in [3.8, 4) is 0 Å². The van der Waals surface area contributed by atoms with Gasteiger partial charge in [0, 0.05) is 6.54 Å². The number of piperidine rings is 1. The molecular formula is C20H31BN2O3. The van der Waals surface area contributed by atoms with E-state index in [0.29, 0.717) is 6.54 Å². The Labute approximate surface area is 157 Å². The van der Waals surface area contributed by atoms with E-state index in [0.717, 1.165) is 42.5 Å². The first-order valence-electron chi connectivity index (χ1n) is 9.47. The van der Waals surface area contributed by atoms with Gasteiger partial charge in [-0.1, -0.05) is 30.3 Å². The zero-order chi connectivity index (χ0) is 19.0. The molecule has 2 heterocycles. The van der Waals surface area contributed by atoms with Crippen molar-refractivity contribution in [2.45, 2.75) is 57.3 Å². The summed E-state index contributed by atoms with van der Waals surface area (Å²) >= 11 is 0. The van der Waals surface area contributed by atoms with Crippen molar-refractivity contribution in [3.05, 3.63) is 40.9 Å². The fourth-order valence-electron chi connectivity index (χ4n) is 3.45.